The quantitative estimate of drug-likeness (QED) is 0.316. The van der Waals surface area contributed by atoms with Gasteiger partial charge >= 0.3 is 0 Å². The van der Waals surface area contributed by atoms with E-state index in [0.29, 0.717) is 22.9 Å². The Balaban J connectivity index is 2.11. The molecule has 1 N–H and O–H groups in total. The first-order valence-electron chi connectivity index (χ1n) is 12.7. The normalized spacial score (nSPS) is 11.8. The highest BCUT2D eigenvalue weighted by Gasteiger charge is 2.34. The number of amides is 2. The fourth-order valence-corrected chi connectivity index (χ4v) is 5.65. The topological polar surface area (TPSA) is 105 Å². The van der Waals surface area contributed by atoms with Gasteiger partial charge in [-0.15, -0.1) is 0 Å². The molecule has 0 unspecified atom stereocenters. The Morgan fingerprint density at radius 1 is 0.975 bits per heavy atom. The fourth-order valence-electron chi connectivity index (χ4n) is 4.01. The van der Waals surface area contributed by atoms with E-state index < -0.39 is 28.5 Å². The molecule has 0 spiro atoms. The maximum atomic E-state index is 14.0. The number of sulfonamides is 1. The summed E-state index contributed by atoms with van der Waals surface area (Å²) < 4.78 is 39.7. The van der Waals surface area contributed by atoms with Crippen LogP contribution in [0.15, 0.2) is 77.7 Å². The fraction of sp³-hybridized carbons (Fsp3) is 0.310. The van der Waals surface area contributed by atoms with Crippen LogP contribution < -0.4 is 19.1 Å². The summed E-state index contributed by atoms with van der Waals surface area (Å²) in [6.07, 6.45) is 0.718. The molecule has 3 rings (SSSR count). The van der Waals surface area contributed by atoms with Crippen molar-refractivity contribution >= 4 is 39.1 Å². The molecule has 0 aromatic heterocycles. The first kappa shape index (κ1) is 30.8. The second kappa shape index (κ2) is 14.0. The number of carbonyl (C=O) groups excluding carboxylic acids is 2. The Bertz CT molecular complexity index is 1420. The van der Waals surface area contributed by atoms with Crippen LogP contribution in [0, 0.1) is 0 Å². The smallest absolute Gasteiger partial charge is 0.264 e. The molecule has 2 amide bonds. The van der Waals surface area contributed by atoms with Gasteiger partial charge in [-0.05, 0) is 49.2 Å². The van der Waals surface area contributed by atoms with Crippen molar-refractivity contribution in [2.75, 3.05) is 31.6 Å². The van der Waals surface area contributed by atoms with Gasteiger partial charge in [-0.1, -0.05) is 54.9 Å². The Kier molecular flexibility index (Phi) is 10.8. The van der Waals surface area contributed by atoms with Crippen molar-refractivity contribution in [2.24, 2.45) is 0 Å². The third kappa shape index (κ3) is 7.25. The molecule has 40 heavy (non-hydrogen) atoms. The van der Waals surface area contributed by atoms with Crippen LogP contribution in [0.25, 0.3) is 0 Å². The number of hydrogen-bond donors (Lipinski definition) is 1. The van der Waals surface area contributed by atoms with Crippen molar-refractivity contribution in [3.8, 4) is 11.5 Å². The molecule has 1 atom stereocenters. The summed E-state index contributed by atoms with van der Waals surface area (Å²) >= 11 is 6.39. The molecular weight excluding hydrogens is 554 g/mol. The van der Waals surface area contributed by atoms with Crippen molar-refractivity contribution in [1.82, 2.24) is 10.2 Å². The van der Waals surface area contributed by atoms with Gasteiger partial charge in [-0.25, -0.2) is 8.42 Å². The second-order valence-corrected chi connectivity index (χ2v) is 11.2. The molecule has 0 radical (unpaired) electrons. The number of halogens is 1. The predicted molar refractivity (Wildman–Crippen MR) is 155 cm³/mol. The zero-order valence-electron chi connectivity index (χ0n) is 23.0. The Morgan fingerprint density at radius 3 is 2.27 bits per heavy atom. The lowest BCUT2D eigenvalue weighted by Gasteiger charge is -2.32. The van der Waals surface area contributed by atoms with Crippen molar-refractivity contribution in [2.45, 2.75) is 37.8 Å². The largest absolute Gasteiger partial charge is 0.497 e. The van der Waals surface area contributed by atoms with Gasteiger partial charge in [-0.2, -0.15) is 0 Å². The van der Waals surface area contributed by atoms with E-state index in [0.717, 1.165) is 10.7 Å². The lowest BCUT2D eigenvalue weighted by molar-refractivity contribution is -0.139. The summed E-state index contributed by atoms with van der Waals surface area (Å²) in [7, 11) is -1.40. The van der Waals surface area contributed by atoms with Crippen LogP contribution in [0.5, 0.6) is 11.5 Å². The van der Waals surface area contributed by atoms with Crippen molar-refractivity contribution < 1.29 is 27.5 Å². The van der Waals surface area contributed by atoms with Gasteiger partial charge in [0.15, 0.2) is 0 Å². The average Bonchev–Trinajstić information content (AvgIpc) is 2.97. The predicted octanol–water partition coefficient (Wildman–Crippen LogP) is 4.50. The number of nitrogens with one attached hydrogen (secondary N) is 1. The summed E-state index contributed by atoms with van der Waals surface area (Å²) in [4.78, 5) is 28.3. The second-order valence-electron chi connectivity index (χ2n) is 8.94. The van der Waals surface area contributed by atoms with Gasteiger partial charge < -0.3 is 19.7 Å². The highest BCUT2D eigenvalue weighted by atomic mass is 35.5. The van der Waals surface area contributed by atoms with E-state index >= 15 is 0 Å². The molecule has 214 valence electrons. The minimum absolute atomic E-state index is 0.00626. The van der Waals surface area contributed by atoms with Crippen LogP contribution in [0.1, 0.15) is 25.8 Å². The summed E-state index contributed by atoms with van der Waals surface area (Å²) in [6.45, 7) is 3.34. The van der Waals surface area contributed by atoms with Gasteiger partial charge in [0.1, 0.15) is 24.1 Å². The molecule has 0 fully saturated rings. The average molecular weight is 588 g/mol. The van der Waals surface area contributed by atoms with E-state index in [1.807, 2.05) is 6.92 Å². The SMILES string of the molecule is CCCNC(=O)[C@@H](C)N(Cc1ccccc1Cl)C(=O)CN(c1cc(OC)ccc1OC)S(=O)(=O)c1ccccc1. The number of methoxy groups -OCH3 is 2. The number of anilines is 1. The number of benzene rings is 3. The van der Waals surface area contributed by atoms with E-state index in [2.05, 4.69) is 5.32 Å². The summed E-state index contributed by atoms with van der Waals surface area (Å²) in [5, 5.41) is 3.23. The Labute approximate surface area is 240 Å². The van der Waals surface area contributed by atoms with Crippen LogP contribution in [0.3, 0.4) is 0 Å². The summed E-state index contributed by atoms with van der Waals surface area (Å²) in [5.41, 5.74) is 0.726. The van der Waals surface area contributed by atoms with E-state index in [9.17, 15) is 18.0 Å². The maximum Gasteiger partial charge on any atom is 0.264 e. The highest BCUT2D eigenvalue weighted by Crippen LogP contribution is 2.36. The first-order chi connectivity index (χ1) is 19.1. The molecule has 0 aliphatic rings. The van der Waals surface area contributed by atoms with Gasteiger partial charge in [0.25, 0.3) is 10.0 Å². The zero-order valence-corrected chi connectivity index (χ0v) is 24.5. The Hall–Kier alpha value is -3.76. The third-order valence-corrected chi connectivity index (χ3v) is 8.42. The minimum Gasteiger partial charge on any atom is -0.497 e. The number of carbonyl (C=O) groups is 2. The van der Waals surface area contributed by atoms with Crippen LogP contribution in [-0.2, 0) is 26.2 Å². The van der Waals surface area contributed by atoms with Crippen LogP contribution in [0.4, 0.5) is 5.69 Å². The molecule has 0 heterocycles. The molecule has 9 nitrogen and oxygen atoms in total. The van der Waals surface area contributed by atoms with E-state index in [1.165, 1.54) is 37.3 Å². The molecule has 0 aliphatic heterocycles. The molecule has 0 saturated carbocycles. The van der Waals surface area contributed by atoms with Crippen LogP contribution in [0.2, 0.25) is 5.02 Å². The van der Waals surface area contributed by atoms with E-state index in [1.54, 1.807) is 61.5 Å². The minimum atomic E-state index is -4.26. The molecule has 0 bridgehead atoms. The van der Waals surface area contributed by atoms with Gasteiger partial charge in [0.2, 0.25) is 11.8 Å². The van der Waals surface area contributed by atoms with Gasteiger partial charge in [0.05, 0.1) is 24.8 Å². The lowest BCUT2D eigenvalue weighted by Crippen LogP contribution is -2.51. The van der Waals surface area contributed by atoms with Gasteiger partial charge in [0, 0.05) is 24.2 Å². The van der Waals surface area contributed by atoms with Crippen LogP contribution >= 0.6 is 11.6 Å². The number of hydrogen-bond acceptors (Lipinski definition) is 6. The molecule has 0 aliphatic carbocycles. The van der Waals surface area contributed by atoms with Crippen molar-refractivity contribution in [1.29, 1.82) is 0 Å². The van der Waals surface area contributed by atoms with Crippen molar-refractivity contribution in [3.63, 3.8) is 0 Å². The molecule has 3 aromatic rings. The molecule has 0 saturated heterocycles. The third-order valence-electron chi connectivity index (χ3n) is 6.28. The number of rotatable bonds is 13. The summed E-state index contributed by atoms with van der Waals surface area (Å²) in [6, 6.07) is 18.5. The highest BCUT2D eigenvalue weighted by molar-refractivity contribution is 7.92. The first-order valence-corrected chi connectivity index (χ1v) is 14.6. The summed E-state index contributed by atoms with van der Waals surface area (Å²) in [5.74, 6) is -0.377. The zero-order chi connectivity index (χ0) is 29.3. The monoisotopic (exact) mass is 587 g/mol. The molecule has 3 aromatic carbocycles. The van der Waals surface area contributed by atoms with Crippen LogP contribution in [-0.4, -0.2) is 58.5 Å². The number of ether oxygens (including phenoxy) is 2. The molecule has 11 heteroatoms. The lowest BCUT2D eigenvalue weighted by atomic mass is 10.1. The number of nitrogens with zero attached hydrogens (tertiary/aromatic N) is 2. The Morgan fingerprint density at radius 2 is 1.65 bits per heavy atom. The molecular formula is C29H34ClN3O6S. The maximum absolute atomic E-state index is 14.0. The standard InChI is InChI=1S/C29H34ClN3O6S/c1-5-17-31-29(35)21(2)32(19-22-11-9-10-14-25(22)30)28(34)20-33(40(36,37)24-12-7-6-8-13-24)26-18-23(38-3)15-16-27(26)39-4/h6-16,18,21H,5,17,19-20H2,1-4H3,(H,31,35)/t21-/m1/s1. The van der Waals surface area contributed by atoms with E-state index in [4.69, 9.17) is 21.1 Å². The van der Waals surface area contributed by atoms with Crippen molar-refractivity contribution in [3.05, 3.63) is 83.4 Å². The van der Waals surface area contributed by atoms with Gasteiger partial charge in [-0.3, -0.25) is 13.9 Å². The van der Waals surface area contributed by atoms with E-state index in [-0.39, 0.29) is 28.8 Å².